The molecule has 24 heavy (non-hydrogen) atoms. The molecule has 3 aromatic heterocycles. The molecule has 0 atom stereocenters. The number of hydrogen-bond acceptors (Lipinski definition) is 4. The van der Waals surface area contributed by atoms with Gasteiger partial charge in [-0.1, -0.05) is 6.92 Å². The maximum atomic E-state index is 13.3. The number of nitrogens with zero attached hydrogens (tertiary/aromatic N) is 3. The molecule has 1 amide bonds. The van der Waals surface area contributed by atoms with Crippen LogP contribution in [0, 0.1) is 0 Å². The van der Waals surface area contributed by atoms with E-state index in [0.29, 0.717) is 17.5 Å². The zero-order valence-corrected chi connectivity index (χ0v) is 12.6. The van der Waals surface area contributed by atoms with E-state index in [4.69, 9.17) is 4.42 Å². The number of carbonyl (C=O) groups is 1. The first-order chi connectivity index (χ1) is 11.4. The van der Waals surface area contributed by atoms with Crippen molar-refractivity contribution in [2.45, 2.75) is 19.5 Å². The second kappa shape index (κ2) is 5.99. The third-order valence-corrected chi connectivity index (χ3v) is 3.32. The summed E-state index contributed by atoms with van der Waals surface area (Å²) in [7, 11) is 0. The largest absolute Gasteiger partial charge is 0.463 e. The third kappa shape index (κ3) is 2.84. The molecular weight excluding hydrogens is 325 g/mol. The minimum absolute atomic E-state index is 0.0233. The molecule has 0 fully saturated rings. The number of rotatable bonds is 4. The molecule has 0 radical (unpaired) electrons. The molecule has 0 unspecified atom stereocenters. The molecule has 3 rings (SSSR count). The molecular formula is C15H13F3N4O2. The highest BCUT2D eigenvalue weighted by molar-refractivity contribution is 5.99. The summed E-state index contributed by atoms with van der Waals surface area (Å²) in [6, 6.07) is 3.87. The molecule has 0 aliphatic rings. The van der Waals surface area contributed by atoms with Crippen LogP contribution in [0.5, 0.6) is 0 Å². The molecule has 0 aliphatic heterocycles. The SMILES string of the molecule is CCCNC(=O)c1cnn2c(C(F)(F)F)cc(-c3ccco3)nc12. The van der Waals surface area contributed by atoms with Crippen molar-refractivity contribution < 1.29 is 22.4 Å². The Labute approximate surface area is 134 Å². The monoisotopic (exact) mass is 338 g/mol. The fraction of sp³-hybridized carbons (Fsp3) is 0.267. The molecule has 0 aromatic carbocycles. The zero-order valence-electron chi connectivity index (χ0n) is 12.6. The van der Waals surface area contributed by atoms with Gasteiger partial charge in [0.15, 0.2) is 17.1 Å². The highest BCUT2D eigenvalue weighted by Crippen LogP contribution is 2.32. The van der Waals surface area contributed by atoms with Crippen LogP contribution in [0.25, 0.3) is 17.1 Å². The lowest BCUT2D eigenvalue weighted by Crippen LogP contribution is -2.24. The summed E-state index contributed by atoms with van der Waals surface area (Å²) in [5.41, 5.74) is -1.26. The quantitative estimate of drug-likeness (QED) is 0.793. The highest BCUT2D eigenvalue weighted by Gasteiger charge is 2.36. The minimum atomic E-state index is -4.66. The van der Waals surface area contributed by atoms with E-state index in [1.165, 1.54) is 12.3 Å². The summed E-state index contributed by atoms with van der Waals surface area (Å²) < 4.78 is 45.7. The average Bonchev–Trinajstić information content (AvgIpc) is 3.19. The summed E-state index contributed by atoms with van der Waals surface area (Å²) in [4.78, 5) is 16.3. The summed E-state index contributed by atoms with van der Waals surface area (Å²) in [6.07, 6.45) is -1.55. The van der Waals surface area contributed by atoms with Crippen LogP contribution in [0.15, 0.2) is 35.1 Å². The maximum Gasteiger partial charge on any atom is 0.433 e. The van der Waals surface area contributed by atoms with Crippen LogP contribution < -0.4 is 5.32 Å². The number of amides is 1. The van der Waals surface area contributed by atoms with Gasteiger partial charge in [-0.3, -0.25) is 4.79 Å². The molecule has 6 nitrogen and oxygen atoms in total. The van der Waals surface area contributed by atoms with Gasteiger partial charge in [-0.2, -0.15) is 18.3 Å². The van der Waals surface area contributed by atoms with Gasteiger partial charge in [-0.15, -0.1) is 0 Å². The van der Waals surface area contributed by atoms with Gasteiger partial charge in [0.05, 0.1) is 12.5 Å². The van der Waals surface area contributed by atoms with E-state index in [2.05, 4.69) is 15.4 Å². The Kier molecular flexibility index (Phi) is 4.00. The molecule has 0 saturated carbocycles. The number of alkyl halides is 3. The number of hydrogen-bond donors (Lipinski definition) is 1. The molecule has 3 aromatic rings. The molecule has 1 N–H and O–H groups in total. The Hall–Kier alpha value is -2.84. The van der Waals surface area contributed by atoms with Crippen molar-refractivity contribution in [3.05, 3.63) is 41.9 Å². The van der Waals surface area contributed by atoms with Gasteiger partial charge in [0, 0.05) is 6.54 Å². The van der Waals surface area contributed by atoms with Crippen molar-refractivity contribution in [3.8, 4) is 11.5 Å². The number of aromatic nitrogens is 3. The first-order valence-corrected chi connectivity index (χ1v) is 7.20. The first-order valence-electron chi connectivity index (χ1n) is 7.20. The van der Waals surface area contributed by atoms with Crippen molar-refractivity contribution in [3.63, 3.8) is 0 Å². The number of fused-ring (bicyclic) bond motifs is 1. The van der Waals surface area contributed by atoms with E-state index in [9.17, 15) is 18.0 Å². The van der Waals surface area contributed by atoms with Gasteiger partial charge >= 0.3 is 6.18 Å². The molecule has 0 saturated heterocycles. The van der Waals surface area contributed by atoms with Gasteiger partial charge in [0.1, 0.15) is 11.3 Å². The maximum absolute atomic E-state index is 13.3. The lowest BCUT2D eigenvalue weighted by atomic mass is 10.2. The van der Waals surface area contributed by atoms with Gasteiger partial charge < -0.3 is 9.73 Å². The fourth-order valence-electron chi connectivity index (χ4n) is 2.21. The second-order valence-corrected chi connectivity index (χ2v) is 5.05. The van der Waals surface area contributed by atoms with Crippen molar-refractivity contribution in [2.24, 2.45) is 0 Å². The van der Waals surface area contributed by atoms with Crippen LogP contribution in [-0.4, -0.2) is 27.0 Å². The first kappa shape index (κ1) is 16.0. The van der Waals surface area contributed by atoms with Crippen LogP contribution in [0.1, 0.15) is 29.4 Å². The summed E-state index contributed by atoms with van der Waals surface area (Å²) in [6.45, 7) is 2.27. The Morgan fingerprint density at radius 2 is 2.21 bits per heavy atom. The van der Waals surface area contributed by atoms with Crippen molar-refractivity contribution in [2.75, 3.05) is 6.54 Å². The topological polar surface area (TPSA) is 72.4 Å². The normalized spacial score (nSPS) is 11.8. The standard InChI is InChI=1S/C15H13F3N4O2/c1-2-5-19-14(23)9-8-20-22-12(15(16,17)18)7-10(21-13(9)22)11-4-3-6-24-11/h3-4,6-8H,2,5H2,1H3,(H,19,23). The Morgan fingerprint density at radius 1 is 1.42 bits per heavy atom. The van der Waals surface area contributed by atoms with E-state index in [1.54, 1.807) is 6.07 Å². The van der Waals surface area contributed by atoms with Crippen molar-refractivity contribution >= 4 is 11.6 Å². The predicted octanol–water partition coefficient (Wildman–Crippen LogP) is 3.15. The van der Waals surface area contributed by atoms with Crippen LogP contribution in [0.3, 0.4) is 0 Å². The van der Waals surface area contributed by atoms with E-state index in [0.717, 1.165) is 12.3 Å². The Morgan fingerprint density at radius 3 is 2.83 bits per heavy atom. The van der Waals surface area contributed by atoms with Crippen LogP contribution >= 0.6 is 0 Å². The zero-order chi connectivity index (χ0) is 17.3. The number of carbonyl (C=O) groups excluding carboxylic acids is 1. The van der Waals surface area contributed by atoms with E-state index in [1.807, 2.05) is 6.92 Å². The number of nitrogens with one attached hydrogen (secondary N) is 1. The van der Waals surface area contributed by atoms with Gasteiger partial charge in [0.25, 0.3) is 5.91 Å². The predicted molar refractivity (Wildman–Crippen MR) is 78.3 cm³/mol. The lowest BCUT2D eigenvalue weighted by molar-refractivity contribution is -0.142. The summed E-state index contributed by atoms with van der Waals surface area (Å²) >= 11 is 0. The fourth-order valence-corrected chi connectivity index (χ4v) is 2.21. The van der Waals surface area contributed by atoms with Crippen molar-refractivity contribution in [1.29, 1.82) is 0 Å². The van der Waals surface area contributed by atoms with E-state index >= 15 is 0 Å². The molecule has 126 valence electrons. The average molecular weight is 338 g/mol. The van der Waals surface area contributed by atoms with Gasteiger partial charge in [-0.25, -0.2) is 9.50 Å². The van der Waals surface area contributed by atoms with Crippen LogP contribution in [0.4, 0.5) is 13.2 Å². The van der Waals surface area contributed by atoms with Crippen LogP contribution in [-0.2, 0) is 6.18 Å². The second-order valence-electron chi connectivity index (χ2n) is 5.05. The minimum Gasteiger partial charge on any atom is -0.463 e. The molecule has 3 heterocycles. The molecule has 0 spiro atoms. The van der Waals surface area contributed by atoms with Crippen LogP contribution in [0.2, 0.25) is 0 Å². The Bertz CT molecular complexity index is 869. The van der Waals surface area contributed by atoms with E-state index in [-0.39, 0.29) is 22.7 Å². The van der Waals surface area contributed by atoms with E-state index < -0.39 is 17.8 Å². The number of furan rings is 1. The smallest absolute Gasteiger partial charge is 0.433 e. The summed E-state index contributed by atoms with van der Waals surface area (Å²) in [5, 5.41) is 6.28. The molecule has 0 bridgehead atoms. The summed E-state index contributed by atoms with van der Waals surface area (Å²) in [5.74, 6) is -0.354. The van der Waals surface area contributed by atoms with Crippen molar-refractivity contribution in [1.82, 2.24) is 19.9 Å². The Balaban J connectivity index is 2.20. The molecule has 0 aliphatic carbocycles. The van der Waals surface area contributed by atoms with Gasteiger partial charge in [-0.05, 0) is 24.6 Å². The highest BCUT2D eigenvalue weighted by atomic mass is 19.4. The number of halogens is 3. The van der Waals surface area contributed by atoms with Gasteiger partial charge in [0.2, 0.25) is 0 Å². The third-order valence-electron chi connectivity index (χ3n) is 3.32. The molecule has 9 heteroatoms. The lowest BCUT2D eigenvalue weighted by Gasteiger charge is -2.10.